The lowest BCUT2D eigenvalue weighted by Gasteiger charge is -2.13. The minimum absolute atomic E-state index is 0.122. The molecular weight excluding hydrogens is 261 g/mol. The van der Waals surface area contributed by atoms with Gasteiger partial charge in [0.1, 0.15) is 11.9 Å². The average Bonchev–Trinajstić information content (AvgIpc) is 2.76. The molecule has 0 saturated heterocycles. The summed E-state index contributed by atoms with van der Waals surface area (Å²) in [6, 6.07) is 2.37. The first kappa shape index (κ1) is 14.2. The van der Waals surface area contributed by atoms with Crippen molar-refractivity contribution in [2.75, 3.05) is 11.9 Å². The van der Waals surface area contributed by atoms with Gasteiger partial charge in [-0.05, 0) is 25.0 Å². The highest BCUT2D eigenvalue weighted by Crippen LogP contribution is 2.07. The van der Waals surface area contributed by atoms with Gasteiger partial charge in [0.25, 0.3) is 0 Å². The molecule has 0 aromatic carbocycles. The lowest BCUT2D eigenvalue weighted by Crippen LogP contribution is -2.39. The van der Waals surface area contributed by atoms with Crippen LogP contribution < -0.4 is 10.6 Å². The second-order valence-electron chi connectivity index (χ2n) is 5.09. The fourth-order valence-electron chi connectivity index (χ4n) is 1.64. The van der Waals surface area contributed by atoms with Crippen molar-refractivity contribution in [1.29, 1.82) is 0 Å². The Balaban J connectivity index is 2.02. The van der Waals surface area contributed by atoms with Gasteiger partial charge < -0.3 is 10.6 Å². The fourth-order valence-corrected chi connectivity index (χ4v) is 1.64. The van der Waals surface area contributed by atoms with E-state index in [0.29, 0.717) is 24.1 Å². The van der Waals surface area contributed by atoms with Crippen molar-refractivity contribution in [1.82, 2.24) is 19.9 Å². The van der Waals surface area contributed by atoms with Gasteiger partial charge in [0, 0.05) is 6.54 Å². The molecule has 6 nitrogen and oxygen atoms in total. The van der Waals surface area contributed by atoms with Crippen LogP contribution in [0.4, 0.5) is 10.3 Å². The summed E-state index contributed by atoms with van der Waals surface area (Å²) < 4.78 is 14.4. The number of nitrogens with one attached hydrogen (secondary N) is 2. The van der Waals surface area contributed by atoms with Gasteiger partial charge in [0.15, 0.2) is 5.65 Å². The van der Waals surface area contributed by atoms with E-state index in [9.17, 15) is 9.18 Å². The van der Waals surface area contributed by atoms with Crippen LogP contribution in [-0.2, 0) is 4.79 Å². The van der Waals surface area contributed by atoms with Crippen LogP contribution in [0.25, 0.3) is 5.65 Å². The van der Waals surface area contributed by atoms with Gasteiger partial charge in [0.2, 0.25) is 11.9 Å². The summed E-state index contributed by atoms with van der Waals surface area (Å²) in [4.78, 5) is 16.0. The minimum Gasteiger partial charge on any atom is -0.354 e. The van der Waals surface area contributed by atoms with E-state index in [2.05, 4.69) is 20.7 Å². The molecular formula is C13H18FN5O. The summed E-state index contributed by atoms with van der Waals surface area (Å²) in [6.45, 7) is 6.39. The molecule has 2 rings (SSSR count). The van der Waals surface area contributed by atoms with Crippen LogP contribution in [0.2, 0.25) is 0 Å². The van der Waals surface area contributed by atoms with E-state index in [0.717, 1.165) is 0 Å². The molecule has 0 aliphatic rings. The molecule has 2 N–H and O–H groups in total. The van der Waals surface area contributed by atoms with E-state index in [-0.39, 0.29) is 5.91 Å². The zero-order chi connectivity index (χ0) is 14.7. The van der Waals surface area contributed by atoms with Crippen molar-refractivity contribution >= 4 is 17.5 Å². The molecule has 0 aliphatic heterocycles. The van der Waals surface area contributed by atoms with Crippen molar-refractivity contribution < 1.29 is 9.18 Å². The van der Waals surface area contributed by atoms with Crippen molar-refractivity contribution in [2.45, 2.75) is 26.8 Å². The molecule has 0 fully saturated rings. The molecule has 0 radical (unpaired) electrons. The smallest absolute Gasteiger partial charge is 0.243 e. The number of aromatic nitrogens is 3. The number of anilines is 1. The van der Waals surface area contributed by atoms with E-state index in [1.165, 1.54) is 22.8 Å². The van der Waals surface area contributed by atoms with Gasteiger partial charge in [-0.3, -0.25) is 4.79 Å². The van der Waals surface area contributed by atoms with E-state index in [1.54, 1.807) is 6.92 Å². The highest BCUT2D eigenvalue weighted by atomic mass is 19.1. The number of carbonyl (C=O) groups excluding carboxylic acids is 1. The molecule has 108 valence electrons. The monoisotopic (exact) mass is 279 g/mol. The number of halogens is 1. The molecule has 0 aliphatic carbocycles. The molecule has 0 saturated carbocycles. The number of hydrogen-bond donors (Lipinski definition) is 2. The van der Waals surface area contributed by atoms with Crippen LogP contribution in [0.3, 0.4) is 0 Å². The maximum Gasteiger partial charge on any atom is 0.243 e. The van der Waals surface area contributed by atoms with Gasteiger partial charge in [0.05, 0.1) is 6.20 Å². The number of nitrogens with zero attached hydrogens (tertiary/aromatic N) is 3. The summed E-state index contributed by atoms with van der Waals surface area (Å²) >= 11 is 0. The fraction of sp³-hybridized carbons (Fsp3) is 0.462. The quantitative estimate of drug-likeness (QED) is 0.869. The largest absolute Gasteiger partial charge is 0.354 e. The Morgan fingerprint density at radius 1 is 1.40 bits per heavy atom. The zero-order valence-electron chi connectivity index (χ0n) is 11.7. The maximum absolute atomic E-state index is 13.0. The Morgan fingerprint density at radius 3 is 2.85 bits per heavy atom. The molecule has 7 heteroatoms. The van der Waals surface area contributed by atoms with Crippen LogP contribution in [-0.4, -0.2) is 33.1 Å². The van der Waals surface area contributed by atoms with E-state index >= 15 is 0 Å². The Kier molecular flexibility index (Phi) is 4.16. The topological polar surface area (TPSA) is 71.3 Å². The molecule has 2 heterocycles. The molecule has 2 aromatic rings. The number of carbonyl (C=O) groups is 1. The Labute approximate surface area is 116 Å². The maximum atomic E-state index is 13.0. The summed E-state index contributed by atoms with van der Waals surface area (Å²) in [5, 5.41) is 9.78. The van der Waals surface area contributed by atoms with Gasteiger partial charge in [-0.25, -0.2) is 8.91 Å². The highest BCUT2D eigenvalue weighted by Gasteiger charge is 2.15. The van der Waals surface area contributed by atoms with E-state index < -0.39 is 11.9 Å². The molecule has 1 unspecified atom stereocenters. The highest BCUT2D eigenvalue weighted by molar-refractivity contribution is 5.83. The molecule has 1 atom stereocenters. The predicted octanol–water partition coefficient (Wildman–Crippen LogP) is 1.44. The Bertz CT molecular complexity index is 610. The first-order chi connectivity index (χ1) is 9.45. The second kappa shape index (κ2) is 5.85. The lowest BCUT2D eigenvalue weighted by atomic mass is 10.2. The molecule has 0 bridgehead atoms. The van der Waals surface area contributed by atoms with Crippen LogP contribution in [0.1, 0.15) is 20.8 Å². The average molecular weight is 279 g/mol. The van der Waals surface area contributed by atoms with Crippen LogP contribution in [0.15, 0.2) is 18.3 Å². The summed E-state index contributed by atoms with van der Waals surface area (Å²) in [5.74, 6) is 0.172. The SMILES string of the molecule is CC(C)CNC(=O)C(C)Nc1nc2ccc(F)cn2n1. The first-order valence-electron chi connectivity index (χ1n) is 6.52. The Morgan fingerprint density at radius 2 is 2.15 bits per heavy atom. The van der Waals surface area contributed by atoms with Gasteiger partial charge >= 0.3 is 0 Å². The second-order valence-corrected chi connectivity index (χ2v) is 5.09. The lowest BCUT2D eigenvalue weighted by molar-refractivity contribution is -0.121. The third-order valence-electron chi connectivity index (χ3n) is 2.72. The number of amides is 1. The number of hydrogen-bond acceptors (Lipinski definition) is 4. The minimum atomic E-state index is -0.462. The van der Waals surface area contributed by atoms with Crippen molar-refractivity contribution in [3.8, 4) is 0 Å². The number of rotatable bonds is 5. The van der Waals surface area contributed by atoms with Gasteiger partial charge in [-0.1, -0.05) is 13.8 Å². The predicted molar refractivity (Wildman–Crippen MR) is 73.9 cm³/mol. The summed E-state index contributed by atoms with van der Waals surface area (Å²) in [6.07, 6.45) is 1.23. The third-order valence-corrected chi connectivity index (χ3v) is 2.72. The normalized spacial score (nSPS) is 12.7. The van der Waals surface area contributed by atoms with E-state index in [1.807, 2.05) is 13.8 Å². The van der Waals surface area contributed by atoms with E-state index in [4.69, 9.17) is 0 Å². The summed E-state index contributed by atoms with van der Waals surface area (Å²) in [5.41, 5.74) is 0.517. The van der Waals surface area contributed by atoms with Crippen LogP contribution >= 0.6 is 0 Å². The molecule has 0 spiro atoms. The molecule has 1 amide bonds. The molecule has 2 aromatic heterocycles. The zero-order valence-corrected chi connectivity index (χ0v) is 11.7. The van der Waals surface area contributed by atoms with Crippen molar-refractivity contribution in [3.63, 3.8) is 0 Å². The van der Waals surface area contributed by atoms with Crippen molar-refractivity contribution in [2.24, 2.45) is 5.92 Å². The number of fused-ring (bicyclic) bond motifs is 1. The number of pyridine rings is 1. The Hall–Kier alpha value is -2.18. The first-order valence-corrected chi connectivity index (χ1v) is 6.52. The molecule has 20 heavy (non-hydrogen) atoms. The van der Waals surface area contributed by atoms with Crippen molar-refractivity contribution in [3.05, 3.63) is 24.1 Å². The van der Waals surface area contributed by atoms with Crippen LogP contribution in [0, 0.1) is 11.7 Å². The van der Waals surface area contributed by atoms with Crippen LogP contribution in [0.5, 0.6) is 0 Å². The summed E-state index contributed by atoms with van der Waals surface area (Å²) in [7, 11) is 0. The van der Waals surface area contributed by atoms with Gasteiger partial charge in [-0.15, -0.1) is 5.10 Å². The van der Waals surface area contributed by atoms with Gasteiger partial charge in [-0.2, -0.15) is 4.98 Å². The third kappa shape index (κ3) is 3.43. The standard InChI is InChI=1S/C13H18FN5O/c1-8(2)6-15-12(20)9(3)16-13-17-11-5-4-10(14)7-19(11)18-13/h4-5,7-9H,6H2,1-3H3,(H,15,20)(H,16,18).